The number of hydrogen-bond donors (Lipinski definition) is 2. The van der Waals surface area contributed by atoms with E-state index in [-0.39, 0.29) is 24.3 Å². The highest BCUT2D eigenvalue weighted by molar-refractivity contribution is 5.94. The molecule has 7 heteroatoms. The Labute approximate surface area is 149 Å². The number of carbonyl (C=O) groups excluding carboxylic acids is 2. The largest absolute Gasteiger partial charge is 0.326 e. The van der Waals surface area contributed by atoms with Crippen LogP contribution in [-0.4, -0.2) is 32.1 Å². The molecule has 2 heterocycles. The molecule has 0 spiro atoms. The minimum Gasteiger partial charge on any atom is -0.326 e. The van der Waals surface area contributed by atoms with Crippen LogP contribution in [-0.2, 0) is 9.59 Å². The molecule has 2 aromatic carbocycles. The minimum absolute atomic E-state index is 0.0995. The number of nitrogens with one attached hydrogen (secondary N) is 2. The number of fused-ring (bicyclic) bond motifs is 2. The zero-order valence-electron chi connectivity index (χ0n) is 14.1. The minimum atomic E-state index is -0.329. The second-order valence-electron chi connectivity index (χ2n) is 6.17. The highest BCUT2D eigenvalue weighted by Crippen LogP contribution is 2.33. The van der Waals surface area contributed by atoms with E-state index in [0.717, 1.165) is 16.6 Å². The van der Waals surface area contributed by atoms with Gasteiger partial charge in [-0.25, -0.2) is 0 Å². The molecule has 26 heavy (non-hydrogen) atoms. The predicted octanol–water partition coefficient (Wildman–Crippen LogP) is 2.86. The summed E-state index contributed by atoms with van der Waals surface area (Å²) in [5.74, 6) is -0.272. The average molecular weight is 347 g/mol. The SMILES string of the molecule is CC(=O)N1C=Cc2ccccc2[C@H]1CC(=O)Nc1ccc2n[nH]nc2c1. The van der Waals surface area contributed by atoms with E-state index in [1.54, 1.807) is 29.3 Å². The monoisotopic (exact) mass is 347 g/mol. The van der Waals surface area contributed by atoms with Gasteiger partial charge in [0.15, 0.2) is 0 Å². The number of benzene rings is 2. The van der Waals surface area contributed by atoms with Crippen LogP contribution < -0.4 is 5.32 Å². The molecule has 0 radical (unpaired) electrons. The topological polar surface area (TPSA) is 91.0 Å². The van der Waals surface area contributed by atoms with Crippen molar-refractivity contribution in [3.05, 3.63) is 59.8 Å². The summed E-state index contributed by atoms with van der Waals surface area (Å²) in [7, 11) is 0. The number of H-pyrrole nitrogens is 1. The van der Waals surface area contributed by atoms with Crippen LogP contribution in [0, 0.1) is 0 Å². The van der Waals surface area contributed by atoms with E-state index in [0.29, 0.717) is 11.2 Å². The van der Waals surface area contributed by atoms with Crippen molar-refractivity contribution in [2.45, 2.75) is 19.4 Å². The van der Waals surface area contributed by atoms with Gasteiger partial charge < -0.3 is 10.2 Å². The second kappa shape index (κ2) is 6.44. The molecule has 3 aromatic rings. The van der Waals surface area contributed by atoms with E-state index in [1.807, 2.05) is 30.3 Å². The van der Waals surface area contributed by atoms with Crippen LogP contribution in [0.2, 0.25) is 0 Å². The van der Waals surface area contributed by atoms with E-state index < -0.39 is 0 Å². The first-order valence-electron chi connectivity index (χ1n) is 8.28. The van der Waals surface area contributed by atoms with Crippen molar-refractivity contribution < 1.29 is 9.59 Å². The van der Waals surface area contributed by atoms with Gasteiger partial charge in [-0.2, -0.15) is 15.4 Å². The summed E-state index contributed by atoms with van der Waals surface area (Å²) in [5, 5.41) is 13.4. The first-order valence-corrected chi connectivity index (χ1v) is 8.28. The average Bonchev–Trinajstić information content (AvgIpc) is 3.09. The van der Waals surface area contributed by atoms with Crippen LogP contribution in [0.15, 0.2) is 48.7 Å². The molecule has 2 amide bonds. The number of hydrogen-bond acceptors (Lipinski definition) is 4. The quantitative estimate of drug-likeness (QED) is 0.762. The Balaban J connectivity index is 1.56. The summed E-state index contributed by atoms with van der Waals surface area (Å²) in [6, 6.07) is 12.8. The third-order valence-corrected chi connectivity index (χ3v) is 4.45. The van der Waals surface area contributed by atoms with Gasteiger partial charge in [-0.15, -0.1) is 0 Å². The van der Waals surface area contributed by atoms with Gasteiger partial charge >= 0.3 is 0 Å². The highest BCUT2D eigenvalue weighted by atomic mass is 16.2. The Morgan fingerprint density at radius 3 is 2.81 bits per heavy atom. The lowest BCUT2D eigenvalue weighted by Crippen LogP contribution is -2.33. The van der Waals surface area contributed by atoms with Crippen LogP contribution >= 0.6 is 0 Å². The van der Waals surface area contributed by atoms with E-state index in [9.17, 15) is 9.59 Å². The highest BCUT2D eigenvalue weighted by Gasteiger charge is 2.28. The molecular weight excluding hydrogens is 330 g/mol. The first kappa shape index (κ1) is 16.0. The van der Waals surface area contributed by atoms with Gasteiger partial charge in [0.05, 0.1) is 12.5 Å². The molecule has 0 fully saturated rings. The number of aromatic nitrogens is 3. The Hall–Kier alpha value is -3.48. The molecule has 0 aliphatic carbocycles. The summed E-state index contributed by atoms with van der Waals surface area (Å²) in [6.07, 6.45) is 3.80. The predicted molar refractivity (Wildman–Crippen MR) is 97.9 cm³/mol. The van der Waals surface area contributed by atoms with Gasteiger partial charge in [-0.05, 0) is 35.4 Å². The van der Waals surface area contributed by atoms with Crippen LogP contribution in [0.1, 0.15) is 30.5 Å². The van der Waals surface area contributed by atoms with Gasteiger partial charge in [0.1, 0.15) is 11.0 Å². The molecule has 1 aliphatic rings. The molecule has 130 valence electrons. The lowest BCUT2D eigenvalue weighted by molar-refractivity contribution is -0.129. The molecule has 0 unspecified atom stereocenters. The molecule has 2 N–H and O–H groups in total. The molecule has 1 aliphatic heterocycles. The summed E-state index contributed by atoms with van der Waals surface area (Å²) in [4.78, 5) is 26.2. The summed E-state index contributed by atoms with van der Waals surface area (Å²) in [6.45, 7) is 1.50. The van der Waals surface area contributed by atoms with Crippen LogP contribution in [0.5, 0.6) is 0 Å². The Bertz CT molecular complexity index is 1020. The Kier molecular flexibility index (Phi) is 3.96. The Morgan fingerprint density at radius 1 is 1.15 bits per heavy atom. The summed E-state index contributed by atoms with van der Waals surface area (Å²) < 4.78 is 0. The number of aromatic amines is 1. The standard InChI is InChI=1S/C19H17N5O2/c1-12(25)24-9-8-13-4-2-3-5-15(13)18(24)11-19(26)20-14-6-7-16-17(10-14)22-23-21-16/h2-10,18H,11H2,1H3,(H,20,26)(H,21,22,23)/t18-/m1/s1. The van der Waals surface area contributed by atoms with Gasteiger partial charge in [0.2, 0.25) is 11.8 Å². The van der Waals surface area contributed by atoms with E-state index in [1.165, 1.54) is 6.92 Å². The van der Waals surface area contributed by atoms with Crippen LogP contribution in [0.25, 0.3) is 17.1 Å². The van der Waals surface area contributed by atoms with Crippen molar-refractivity contribution in [1.29, 1.82) is 0 Å². The van der Waals surface area contributed by atoms with Gasteiger partial charge in [-0.1, -0.05) is 24.3 Å². The zero-order valence-corrected chi connectivity index (χ0v) is 14.1. The maximum atomic E-state index is 12.6. The van der Waals surface area contributed by atoms with Crippen molar-refractivity contribution in [2.24, 2.45) is 0 Å². The normalized spacial score (nSPS) is 15.7. The van der Waals surface area contributed by atoms with Crippen LogP contribution in [0.3, 0.4) is 0 Å². The second-order valence-corrected chi connectivity index (χ2v) is 6.17. The van der Waals surface area contributed by atoms with Gasteiger partial charge in [0.25, 0.3) is 0 Å². The molecule has 1 atom stereocenters. The molecule has 7 nitrogen and oxygen atoms in total. The van der Waals surface area contributed by atoms with Gasteiger partial charge in [0, 0.05) is 18.8 Å². The van der Waals surface area contributed by atoms with Crippen molar-refractivity contribution in [2.75, 3.05) is 5.32 Å². The summed E-state index contributed by atoms with van der Waals surface area (Å²) in [5.41, 5.74) is 4.04. The fraction of sp³-hybridized carbons (Fsp3) is 0.158. The third kappa shape index (κ3) is 2.95. The smallest absolute Gasteiger partial charge is 0.226 e. The molecule has 0 saturated carbocycles. The molecule has 0 saturated heterocycles. The first-order chi connectivity index (χ1) is 12.6. The zero-order chi connectivity index (χ0) is 18.1. The number of amides is 2. The Morgan fingerprint density at radius 2 is 1.96 bits per heavy atom. The van der Waals surface area contributed by atoms with E-state index in [4.69, 9.17) is 0 Å². The van der Waals surface area contributed by atoms with Gasteiger partial charge in [-0.3, -0.25) is 9.59 Å². The van der Waals surface area contributed by atoms with Crippen molar-refractivity contribution >= 4 is 34.6 Å². The van der Waals surface area contributed by atoms with Crippen molar-refractivity contribution in [3.8, 4) is 0 Å². The lowest BCUT2D eigenvalue weighted by Gasteiger charge is -2.32. The number of nitrogens with zero attached hydrogens (tertiary/aromatic N) is 3. The number of carbonyl (C=O) groups is 2. The number of rotatable bonds is 3. The molecular formula is C19H17N5O2. The van der Waals surface area contributed by atoms with Crippen molar-refractivity contribution in [1.82, 2.24) is 20.3 Å². The fourth-order valence-electron chi connectivity index (χ4n) is 3.22. The van der Waals surface area contributed by atoms with Crippen LogP contribution in [0.4, 0.5) is 5.69 Å². The molecule has 4 rings (SSSR count). The maximum Gasteiger partial charge on any atom is 0.226 e. The fourth-order valence-corrected chi connectivity index (χ4v) is 3.22. The number of anilines is 1. The van der Waals surface area contributed by atoms with Crippen molar-refractivity contribution in [3.63, 3.8) is 0 Å². The third-order valence-electron chi connectivity index (χ3n) is 4.45. The summed E-state index contributed by atoms with van der Waals surface area (Å²) >= 11 is 0. The molecule has 1 aromatic heterocycles. The lowest BCUT2D eigenvalue weighted by atomic mass is 9.93. The van der Waals surface area contributed by atoms with E-state index in [2.05, 4.69) is 20.7 Å². The maximum absolute atomic E-state index is 12.6. The van der Waals surface area contributed by atoms with E-state index >= 15 is 0 Å². The molecule has 0 bridgehead atoms.